The maximum Gasteiger partial charge on any atom is 0.167 e. The third-order valence-corrected chi connectivity index (χ3v) is 5.62. The van der Waals surface area contributed by atoms with E-state index in [1.807, 2.05) is 6.07 Å². The van der Waals surface area contributed by atoms with Gasteiger partial charge in [-0.2, -0.15) is 0 Å². The van der Waals surface area contributed by atoms with Crippen LogP contribution in [-0.2, 0) is 7.05 Å². The molecule has 0 saturated carbocycles. The van der Waals surface area contributed by atoms with Crippen molar-refractivity contribution < 1.29 is 9.13 Å². The van der Waals surface area contributed by atoms with Gasteiger partial charge in [0.05, 0.1) is 12.6 Å². The van der Waals surface area contributed by atoms with Crippen molar-refractivity contribution in [1.82, 2.24) is 9.47 Å². The van der Waals surface area contributed by atoms with Gasteiger partial charge in [0.1, 0.15) is 0 Å². The molecular formula is C22H26FN3O. The number of piperidine rings is 1. The zero-order valence-corrected chi connectivity index (χ0v) is 16.1. The molecule has 0 aliphatic carbocycles. The van der Waals surface area contributed by atoms with Crippen LogP contribution in [0.3, 0.4) is 0 Å². The Kier molecular flexibility index (Phi) is 4.79. The Morgan fingerprint density at radius 2 is 1.74 bits per heavy atom. The van der Waals surface area contributed by atoms with E-state index in [-0.39, 0.29) is 11.6 Å². The second-order valence-electron chi connectivity index (χ2n) is 7.48. The lowest BCUT2D eigenvalue weighted by Crippen LogP contribution is -2.29. The summed E-state index contributed by atoms with van der Waals surface area (Å²) in [5.41, 5.74) is 4.30. The zero-order chi connectivity index (χ0) is 19.0. The monoisotopic (exact) mass is 367 g/mol. The number of methoxy groups -OCH3 is 1. The molecule has 0 unspecified atom stereocenters. The highest BCUT2D eigenvalue weighted by molar-refractivity contribution is 5.88. The SMILES string of the molecule is COc1ccc(Nc2ccc3c(C4CCN(C)CC4)cn(C)c3c2)cc1F. The average molecular weight is 367 g/mol. The number of benzene rings is 2. The molecule has 0 amide bonds. The normalized spacial score (nSPS) is 16.0. The smallest absolute Gasteiger partial charge is 0.167 e. The van der Waals surface area contributed by atoms with E-state index in [0.717, 1.165) is 18.8 Å². The van der Waals surface area contributed by atoms with Crippen molar-refractivity contribution in [2.45, 2.75) is 18.8 Å². The molecule has 0 radical (unpaired) electrons. The number of hydrogen-bond acceptors (Lipinski definition) is 3. The molecule has 5 heteroatoms. The Hall–Kier alpha value is -2.53. The van der Waals surface area contributed by atoms with Gasteiger partial charge in [-0.3, -0.25) is 0 Å². The zero-order valence-electron chi connectivity index (χ0n) is 16.1. The molecule has 4 rings (SSSR count). The summed E-state index contributed by atoms with van der Waals surface area (Å²) in [5, 5.41) is 4.61. The molecular weight excluding hydrogens is 341 g/mol. The van der Waals surface area contributed by atoms with Crippen molar-refractivity contribution in [3.05, 3.63) is 54.0 Å². The van der Waals surface area contributed by atoms with Crippen molar-refractivity contribution in [3.8, 4) is 5.75 Å². The first-order valence-corrected chi connectivity index (χ1v) is 9.43. The summed E-state index contributed by atoms with van der Waals surface area (Å²) in [5.74, 6) is 0.507. The predicted octanol–water partition coefficient (Wildman–Crippen LogP) is 4.88. The number of hydrogen-bond donors (Lipinski definition) is 1. The highest BCUT2D eigenvalue weighted by Gasteiger charge is 2.21. The van der Waals surface area contributed by atoms with E-state index in [1.165, 1.54) is 42.5 Å². The molecule has 1 N–H and O–H groups in total. The van der Waals surface area contributed by atoms with Crippen molar-refractivity contribution in [1.29, 1.82) is 0 Å². The third-order valence-electron chi connectivity index (χ3n) is 5.62. The van der Waals surface area contributed by atoms with Gasteiger partial charge >= 0.3 is 0 Å². The van der Waals surface area contributed by atoms with Gasteiger partial charge in [0, 0.05) is 36.1 Å². The maximum absolute atomic E-state index is 13.9. The van der Waals surface area contributed by atoms with Gasteiger partial charge in [0.25, 0.3) is 0 Å². The number of aryl methyl sites for hydroxylation is 1. The number of likely N-dealkylation sites (tertiary alicyclic amines) is 1. The molecule has 0 atom stereocenters. The van der Waals surface area contributed by atoms with Crippen molar-refractivity contribution >= 4 is 22.3 Å². The van der Waals surface area contributed by atoms with Gasteiger partial charge in [0.2, 0.25) is 0 Å². The van der Waals surface area contributed by atoms with Gasteiger partial charge < -0.3 is 19.5 Å². The van der Waals surface area contributed by atoms with Crippen LogP contribution in [0, 0.1) is 5.82 Å². The number of aromatic nitrogens is 1. The summed E-state index contributed by atoms with van der Waals surface area (Å²) < 4.78 is 21.1. The van der Waals surface area contributed by atoms with E-state index < -0.39 is 0 Å². The van der Waals surface area contributed by atoms with Crippen LogP contribution in [0.1, 0.15) is 24.3 Å². The van der Waals surface area contributed by atoms with Crippen LogP contribution in [-0.4, -0.2) is 36.7 Å². The summed E-state index contributed by atoms with van der Waals surface area (Å²) in [6, 6.07) is 11.3. The molecule has 3 aromatic rings. The van der Waals surface area contributed by atoms with Gasteiger partial charge in [0.15, 0.2) is 11.6 Å². The summed E-state index contributed by atoms with van der Waals surface area (Å²) in [4.78, 5) is 2.40. The summed E-state index contributed by atoms with van der Waals surface area (Å²) in [6.07, 6.45) is 4.69. The van der Waals surface area contributed by atoms with Crippen LogP contribution < -0.4 is 10.1 Å². The first-order chi connectivity index (χ1) is 13.0. The number of rotatable bonds is 4. The minimum Gasteiger partial charge on any atom is -0.494 e. The maximum atomic E-state index is 13.9. The van der Waals surface area contributed by atoms with E-state index in [2.05, 4.69) is 53.3 Å². The van der Waals surface area contributed by atoms with Crippen LogP contribution in [0.15, 0.2) is 42.6 Å². The van der Waals surface area contributed by atoms with E-state index >= 15 is 0 Å². The Bertz CT molecular complexity index is 958. The minimum absolute atomic E-state index is 0.251. The Balaban J connectivity index is 1.61. The Labute approximate surface area is 159 Å². The standard InChI is InChI=1S/C22H26FN3O/c1-25-10-8-15(9-11-25)19-14-26(2)21-13-17(4-6-18(19)21)24-16-5-7-22(27-3)20(23)12-16/h4-7,12-15,24H,8-11H2,1-3H3. The molecule has 2 heterocycles. The number of ether oxygens (including phenoxy) is 1. The van der Waals surface area contributed by atoms with Gasteiger partial charge in [-0.15, -0.1) is 0 Å². The van der Waals surface area contributed by atoms with Crippen LogP contribution in [0.4, 0.5) is 15.8 Å². The lowest BCUT2D eigenvalue weighted by atomic mass is 9.89. The Morgan fingerprint density at radius 1 is 1.04 bits per heavy atom. The molecule has 142 valence electrons. The molecule has 1 aromatic heterocycles. The highest BCUT2D eigenvalue weighted by Crippen LogP contribution is 2.35. The number of nitrogens with one attached hydrogen (secondary N) is 1. The fourth-order valence-electron chi connectivity index (χ4n) is 4.05. The molecule has 1 aliphatic rings. The molecule has 2 aromatic carbocycles. The topological polar surface area (TPSA) is 29.4 Å². The summed E-state index contributed by atoms with van der Waals surface area (Å²) >= 11 is 0. The van der Waals surface area contributed by atoms with Crippen molar-refractivity contribution in [2.75, 3.05) is 32.6 Å². The molecule has 0 spiro atoms. The lowest BCUT2D eigenvalue weighted by Gasteiger charge is -2.28. The number of nitrogens with zero attached hydrogens (tertiary/aromatic N) is 2. The molecule has 0 bridgehead atoms. The van der Waals surface area contributed by atoms with Gasteiger partial charge in [-0.05, 0) is 68.7 Å². The second-order valence-corrected chi connectivity index (χ2v) is 7.48. The molecule has 1 fully saturated rings. The molecule has 1 saturated heterocycles. The number of halogens is 1. The highest BCUT2D eigenvalue weighted by atomic mass is 19.1. The molecule has 1 aliphatic heterocycles. The van der Waals surface area contributed by atoms with Crippen LogP contribution in [0.5, 0.6) is 5.75 Å². The summed E-state index contributed by atoms with van der Waals surface area (Å²) in [7, 11) is 5.76. The Morgan fingerprint density at radius 3 is 2.44 bits per heavy atom. The molecule has 27 heavy (non-hydrogen) atoms. The number of anilines is 2. The lowest BCUT2D eigenvalue weighted by molar-refractivity contribution is 0.256. The van der Waals surface area contributed by atoms with E-state index in [0.29, 0.717) is 11.6 Å². The van der Waals surface area contributed by atoms with Gasteiger partial charge in [-0.1, -0.05) is 6.07 Å². The quantitative estimate of drug-likeness (QED) is 0.713. The predicted molar refractivity (Wildman–Crippen MR) is 109 cm³/mol. The van der Waals surface area contributed by atoms with E-state index in [1.54, 1.807) is 6.07 Å². The fraction of sp³-hybridized carbons (Fsp3) is 0.364. The summed E-state index contributed by atoms with van der Waals surface area (Å²) in [6.45, 7) is 2.31. The largest absolute Gasteiger partial charge is 0.494 e. The second kappa shape index (κ2) is 7.24. The van der Waals surface area contributed by atoms with Crippen LogP contribution in [0.2, 0.25) is 0 Å². The third kappa shape index (κ3) is 3.52. The van der Waals surface area contributed by atoms with Crippen molar-refractivity contribution in [2.24, 2.45) is 7.05 Å². The van der Waals surface area contributed by atoms with Crippen LogP contribution >= 0.6 is 0 Å². The number of fused-ring (bicyclic) bond motifs is 1. The average Bonchev–Trinajstić information content (AvgIpc) is 2.99. The molecule has 4 nitrogen and oxygen atoms in total. The van der Waals surface area contributed by atoms with E-state index in [9.17, 15) is 4.39 Å². The van der Waals surface area contributed by atoms with E-state index in [4.69, 9.17) is 4.74 Å². The van der Waals surface area contributed by atoms with Gasteiger partial charge in [-0.25, -0.2) is 4.39 Å². The fourth-order valence-corrected chi connectivity index (χ4v) is 4.05. The minimum atomic E-state index is -0.369. The van der Waals surface area contributed by atoms with Crippen molar-refractivity contribution in [3.63, 3.8) is 0 Å². The van der Waals surface area contributed by atoms with Crippen LogP contribution in [0.25, 0.3) is 10.9 Å². The first-order valence-electron chi connectivity index (χ1n) is 9.43. The first kappa shape index (κ1) is 17.9.